The molecule has 1 rings (SSSR count). The second-order valence-electron chi connectivity index (χ2n) is 7.53. The molecule has 1 radical (unpaired) electrons. The lowest BCUT2D eigenvalue weighted by molar-refractivity contribution is -0.172. The Morgan fingerprint density at radius 2 is 2.42 bits per heavy atom. The van der Waals surface area contributed by atoms with Gasteiger partial charge in [-0.15, -0.1) is 12.3 Å². The second kappa shape index (κ2) is 10.9. The molecule has 0 amide bonds. The molecule has 1 heterocycles. The van der Waals surface area contributed by atoms with Crippen LogP contribution in [-0.4, -0.2) is 37.3 Å². The number of carboxylic acid groups (broad SMARTS) is 1. The van der Waals surface area contributed by atoms with E-state index in [1.807, 2.05) is 26.0 Å². The Bertz CT molecular complexity index is 589. The van der Waals surface area contributed by atoms with Crippen LogP contribution in [0.15, 0.2) is 23.8 Å². The molecule has 0 aromatic carbocycles. The van der Waals surface area contributed by atoms with Gasteiger partial charge in [0, 0.05) is 6.42 Å². The van der Waals surface area contributed by atoms with Gasteiger partial charge < -0.3 is 14.0 Å². The third-order valence-corrected chi connectivity index (χ3v) is 4.80. The molecule has 1 saturated heterocycles. The monoisotopic (exact) mass is 379 g/mol. The Morgan fingerprint density at radius 1 is 1.69 bits per heavy atom. The largest absolute Gasteiger partial charge is 0.481 e. The maximum atomic E-state index is 11.2. The van der Waals surface area contributed by atoms with Crippen molar-refractivity contribution < 1.29 is 18.8 Å². The summed E-state index contributed by atoms with van der Waals surface area (Å²) < 4.78 is 19.2. The molecule has 26 heavy (non-hydrogen) atoms. The minimum Gasteiger partial charge on any atom is -0.481 e. The molecule has 143 valence electrons. The van der Waals surface area contributed by atoms with Crippen molar-refractivity contribution >= 4 is 25.0 Å². The zero-order valence-corrected chi connectivity index (χ0v) is 16.9. The van der Waals surface area contributed by atoms with Gasteiger partial charge in [-0.2, -0.15) is 0 Å². The van der Waals surface area contributed by atoms with E-state index in [-0.39, 0.29) is 18.6 Å². The van der Waals surface area contributed by atoms with Crippen molar-refractivity contribution in [2.24, 2.45) is 11.8 Å². The maximum Gasteiger partial charge on any atom is 0.306 e. The fourth-order valence-corrected chi connectivity index (χ4v) is 3.77. The maximum absolute atomic E-state index is 11.2. The van der Waals surface area contributed by atoms with Crippen LogP contribution in [0.3, 0.4) is 0 Å². The minimum atomic E-state index is -0.867. The zero-order valence-electron chi connectivity index (χ0n) is 17.1. The first-order valence-corrected chi connectivity index (χ1v) is 9.71. The van der Waals surface area contributed by atoms with Crippen molar-refractivity contribution in [3.8, 4) is 12.3 Å². The highest BCUT2D eigenvalue weighted by molar-refractivity contribution is 8.15. The molecule has 5 atom stereocenters. The van der Waals surface area contributed by atoms with Crippen LogP contribution < -0.4 is 0 Å². The van der Waals surface area contributed by atoms with E-state index in [9.17, 15) is 9.90 Å². The lowest BCUT2D eigenvalue weighted by atomic mass is 9.82. The van der Waals surface area contributed by atoms with Crippen molar-refractivity contribution in [1.29, 1.82) is 1.34 Å². The molecule has 1 fully saturated rings. The Hall–Kier alpha value is -1.16. The molecule has 0 aromatic rings. The number of allylic oxidation sites excluding steroid dienone is 3. The molecule has 4 nitrogen and oxygen atoms in total. The molecule has 0 unspecified atom stereocenters. The van der Waals surface area contributed by atoms with E-state index in [1.54, 1.807) is 0 Å². The molecular weight excluding hydrogens is 347 g/mol. The molecule has 0 spiro atoms. The number of carbonyl (C=O) groups is 1. The average molecular weight is 379 g/mol. The molecule has 0 saturated carbocycles. The number of hydrogen-bond donors (Lipinski definition) is 1. The second-order valence-corrected chi connectivity index (χ2v) is 7.92. The first-order chi connectivity index (χ1) is 12.7. The predicted octanol–water partition coefficient (Wildman–Crippen LogP) is 4.05. The van der Waals surface area contributed by atoms with Crippen LogP contribution in [0.5, 0.6) is 0 Å². The molecule has 1 aliphatic rings. The minimum absolute atomic E-state index is 0.0372. The SMILES string of the molecule is [3H][B]SO[C@H](/C=C(C)/C=C/[C@H](C)CC#C)[C@H]1C[C@@H](C)C[C@@](C)(CC(=O)O)O1. The summed E-state index contributed by atoms with van der Waals surface area (Å²) in [6.45, 7) is 8.00. The topological polar surface area (TPSA) is 55.8 Å². The summed E-state index contributed by atoms with van der Waals surface area (Å²) >= 11 is 0.950. The molecule has 1 aliphatic heterocycles. The van der Waals surface area contributed by atoms with Gasteiger partial charge in [0.2, 0.25) is 7.09 Å². The van der Waals surface area contributed by atoms with Gasteiger partial charge in [-0.3, -0.25) is 4.79 Å². The van der Waals surface area contributed by atoms with E-state index in [4.69, 9.17) is 16.7 Å². The van der Waals surface area contributed by atoms with Crippen LogP contribution in [0.25, 0.3) is 0 Å². The molecule has 0 aliphatic carbocycles. The fourth-order valence-electron chi connectivity index (χ4n) is 3.46. The van der Waals surface area contributed by atoms with Gasteiger partial charge in [-0.1, -0.05) is 43.5 Å². The van der Waals surface area contributed by atoms with Gasteiger partial charge >= 0.3 is 5.97 Å². The highest BCUT2D eigenvalue weighted by Crippen LogP contribution is 2.37. The van der Waals surface area contributed by atoms with Crippen molar-refractivity contribution in [2.45, 2.75) is 71.2 Å². The number of carboxylic acids is 1. The van der Waals surface area contributed by atoms with Gasteiger partial charge in [-0.05, 0) is 45.9 Å². The summed E-state index contributed by atoms with van der Waals surface area (Å²) in [6, 6.07) is 0. The standard InChI is InChI=1S/C20H30BO4S/c1-6-7-14(2)8-9-15(3)10-18(25-26-21)17-11-16(4)12-20(5,24-17)13-19(22)23/h1,8-10,14,16-18,21H,7,11-13H2,2-5H3,(H,22,23)/b9-8+,15-10+/t14-,16-,17-,18-,20+/m1/s1/i21T. The van der Waals surface area contributed by atoms with Crippen molar-refractivity contribution in [3.05, 3.63) is 23.8 Å². The number of ether oxygens (including phenoxy) is 1. The molecule has 0 bridgehead atoms. The van der Waals surface area contributed by atoms with E-state index < -0.39 is 11.6 Å². The third kappa shape index (κ3) is 8.03. The summed E-state index contributed by atoms with van der Waals surface area (Å²) in [5, 5.41) is 9.21. The summed E-state index contributed by atoms with van der Waals surface area (Å²) in [5.41, 5.74) is 0.292. The van der Waals surface area contributed by atoms with Gasteiger partial charge in [0.1, 0.15) is 6.10 Å². The van der Waals surface area contributed by atoms with Crippen molar-refractivity contribution in [3.63, 3.8) is 0 Å². The molecule has 0 aromatic heterocycles. The van der Waals surface area contributed by atoms with Crippen molar-refractivity contribution in [2.75, 3.05) is 0 Å². The quantitative estimate of drug-likeness (QED) is 0.269. The number of hydrogen-bond acceptors (Lipinski definition) is 4. The highest BCUT2D eigenvalue weighted by atomic mass is 32.2. The summed E-state index contributed by atoms with van der Waals surface area (Å²) in [6.07, 6.45) is 12.9. The number of rotatable bonds is 10. The van der Waals surface area contributed by atoms with Crippen LogP contribution in [0.4, 0.5) is 0 Å². The van der Waals surface area contributed by atoms with E-state index in [0.29, 0.717) is 24.7 Å². The Labute approximate surface area is 164 Å². The van der Waals surface area contributed by atoms with Gasteiger partial charge in [0.25, 0.3) is 0 Å². The zero-order chi connectivity index (χ0) is 20.4. The van der Waals surface area contributed by atoms with Gasteiger partial charge in [-0.25, -0.2) is 0 Å². The van der Waals surface area contributed by atoms with Crippen LogP contribution in [0.2, 0.25) is 0 Å². The normalized spacial score (nSPS) is 29.7. The number of terminal acetylenes is 1. The van der Waals surface area contributed by atoms with Crippen molar-refractivity contribution in [1.82, 2.24) is 0 Å². The van der Waals surface area contributed by atoms with Crippen LogP contribution in [0.1, 0.15) is 53.4 Å². The van der Waals surface area contributed by atoms with Gasteiger partial charge in [0.15, 0.2) is 0 Å². The Kier molecular flexibility index (Phi) is 8.84. The first-order valence-electron chi connectivity index (χ1n) is 9.48. The van der Waals surface area contributed by atoms with Crippen LogP contribution in [-0.2, 0) is 13.7 Å². The van der Waals surface area contributed by atoms with Gasteiger partial charge in [0.05, 0.1) is 18.1 Å². The highest BCUT2D eigenvalue weighted by Gasteiger charge is 2.41. The molecular formula is C20H30BO4S. The van der Waals surface area contributed by atoms with E-state index >= 15 is 0 Å². The predicted molar refractivity (Wildman–Crippen MR) is 109 cm³/mol. The summed E-state index contributed by atoms with van der Waals surface area (Å²) in [5.74, 6) is 2.40. The van der Waals surface area contributed by atoms with E-state index in [2.05, 4.69) is 25.8 Å². The van der Waals surface area contributed by atoms with E-state index in [1.165, 1.54) is 0 Å². The Morgan fingerprint density at radius 3 is 3.04 bits per heavy atom. The third-order valence-electron chi connectivity index (χ3n) is 4.46. The van der Waals surface area contributed by atoms with Crippen LogP contribution >= 0.6 is 11.9 Å². The molecule has 1 N–H and O–H groups in total. The lowest BCUT2D eigenvalue weighted by Gasteiger charge is -2.43. The first kappa shape index (κ1) is 21.1. The Balaban J connectivity index is 2.95. The average Bonchev–Trinajstić information content (AvgIpc) is 2.55. The summed E-state index contributed by atoms with van der Waals surface area (Å²) in [7, 11) is 1.13. The fraction of sp³-hybridized carbons (Fsp3) is 0.650. The molecule has 6 heteroatoms. The summed E-state index contributed by atoms with van der Waals surface area (Å²) in [4.78, 5) is 11.2. The smallest absolute Gasteiger partial charge is 0.306 e. The van der Waals surface area contributed by atoms with Crippen LogP contribution in [0, 0.1) is 24.2 Å². The lowest BCUT2D eigenvalue weighted by Crippen LogP contribution is -2.47. The van der Waals surface area contributed by atoms with E-state index in [0.717, 1.165) is 31.0 Å². The number of aliphatic carboxylic acids is 1.